The molecule has 5 heteroatoms. The molecule has 1 fully saturated rings. The molecule has 1 saturated carbocycles. The number of hydrogen-bond acceptors (Lipinski definition) is 2. The van der Waals surface area contributed by atoms with Crippen LogP contribution in [0, 0.1) is 108 Å². The van der Waals surface area contributed by atoms with Gasteiger partial charge in [0.2, 0.25) is 6.67 Å². The number of nitrogens with zero attached hydrogens (tertiary/aromatic N) is 2. The van der Waals surface area contributed by atoms with E-state index in [0.29, 0.717) is 0 Å². The fourth-order valence-corrected chi connectivity index (χ4v) is 3.83. The van der Waals surface area contributed by atoms with E-state index >= 15 is 0 Å². The van der Waals surface area contributed by atoms with E-state index < -0.39 is 16.1 Å². The molecule has 4 rings (SSSR count). The molecule has 2 aliphatic carbocycles. The van der Waals surface area contributed by atoms with Crippen molar-refractivity contribution in [1.82, 2.24) is 4.90 Å². The molecule has 0 N–H and O–H groups in total. The molecule has 3 aliphatic rings. The fourth-order valence-electron chi connectivity index (χ4n) is 3.83. The molecule has 0 atom stereocenters. The van der Waals surface area contributed by atoms with E-state index in [4.69, 9.17) is 0 Å². The van der Waals surface area contributed by atoms with Gasteiger partial charge in [-0.1, -0.05) is 81.3 Å². The maximum absolute atomic E-state index is 3.91. The molecule has 0 amide bonds. The summed E-state index contributed by atoms with van der Waals surface area (Å²) in [6.45, 7) is 32.0. The Balaban J connectivity index is 0.000000505. The Bertz CT molecular complexity index is 861. The van der Waals surface area contributed by atoms with Gasteiger partial charge in [0.15, 0.2) is 0 Å². The van der Waals surface area contributed by atoms with Crippen molar-refractivity contribution in [2.75, 3.05) is 11.4 Å². The first-order valence-corrected chi connectivity index (χ1v) is 20.0. The smallest absolute Gasteiger partial charge is 0.346 e. The predicted octanol–water partition coefficient (Wildman–Crippen LogP) is 8.26. The molecule has 1 aliphatic heterocycles. The van der Waals surface area contributed by atoms with E-state index in [9.17, 15) is 0 Å². The number of benzene rings is 1. The summed E-state index contributed by atoms with van der Waals surface area (Å²) in [6.07, 6.45) is 18.3. The predicted molar refractivity (Wildman–Crippen MR) is 161 cm³/mol. The van der Waals surface area contributed by atoms with Crippen LogP contribution in [0.25, 0.3) is 0 Å². The standard InChI is InChI=1S/C23H23N2.2C4H11Si.Lu/c1-17-14-18(2)23(19(3)15-17)25-13-12-24(16-25)11-10-21-9-8-20-6-4-5-7-22(20)21;2*1-5(2,3)4;/h4-9,12-15H,10-11H2,1-3H3;2*1H2,2-4H3;/q;2*-1;+3. The Hall–Kier alpha value is -0.292. The molecule has 0 spiro atoms. The largest absolute Gasteiger partial charge is 3.00 e. The minimum absolute atomic E-state index is 0. The summed E-state index contributed by atoms with van der Waals surface area (Å²) >= 11 is 0. The molecule has 2 nitrogen and oxygen atoms in total. The summed E-state index contributed by atoms with van der Waals surface area (Å²) in [7, 11) is -1.72. The minimum atomic E-state index is -0.861. The first-order chi connectivity index (χ1) is 16.1. The van der Waals surface area contributed by atoms with E-state index in [0.717, 1.165) is 13.0 Å². The number of aryl methyl sites for hydroxylation is 3. The van der Waals surface area contributed by atoms with E-state index in [1.807, 2.05) is 0 Å². The van der Waals surface area contributed by atoms with Gasteiger partial charge in [-0.3, -0.25) is 0 Å². The van der Waals surface area contributed by atoms with Gasteiger partial charge in [-0.2, -0.15) is 0 Å². The zero-order valence-electron chi connectivity index (χ0n) is 23.8. The molecule has 0 bridgehead atoms. The molecule has 1 aromatic carbocycles. The minimum Gasteiger partial charge on any atom is -0.346 e. The summed E-state index contributed by atoms with van der Waals surface area (Å²) in [5.41, 5.74) is 5.13. The average molecular weight is 677 g/mol. The number of allylic oxidation sites excluding steroid dienone is 4. The topological polar surface area (TPSA) is 6.48 Å². The van der Waals surface area contributed by atoms with Crippen LogP contribution in [0.4, 0.5) is 5.69 Å². The second-order valence-electron chi connectivity index (χ2n) is 12.0. The third kappa shape index (κ3) is 12.5. The van der Waals surface area contributed by atoms with Gasteiger partial charge >= 0.3 is 36.9 Å². The molecule has 7 radical (unpaired) electrons. The maximum Gasteiger partial charge on any atom is 3.00 e. The second kappa shape index (κ2) is 14.7. The van der Waals surface area contributed by atoms with Crippen molar-refractivity contribution in [1.29, 1.82) is 0 Å². The first kappa shape index (κ1) is 33.7. The van der Waals surface area contributed by atoms with Crippen molar-refractivity contribution >= 4 is 21.8 Å². The Morgan fingerprint density at radius 3 is 1.89 bits per heavy atom. The molecule has 0 unspecified atom stereocenters. The summed E-state index contributed by atoms with van der Waals surface area (Å²) in [4.78, 5) is 4.27. The van der Waals surface area contributed by atoms with Crippen LogP contribution in [0.5, 0.6) is 0 Å². The van der Waals surface area contributed by atoms with Crippen LogP contribution in [-0.2, 0) is 0 Å². The van der Waals surface area contributed by atoms with Crippen molar-refractivity contribution in [2.24, 2.45) is 0 Å². The Morgan fingerprint density at radius 1 is 0.806 bits per heavy atom. The van der Waals surface area contributed by atoms with Gasteiger partial charge in [-0.05, 0) is 57.1 Å². The molecule has 1 heterocycles. The molecule has 1 aromatic rings. The normalized spacial score (nSPS) is 17.9. The van der Waals surface area contributed by atoms with E-state index in [1.54, 1.807) is 0 Å². The monoisotopic (exact) mass is 676 g/mol. The molecule has 201 valence electrons. The quantitative estimate of drug-likeness (QED) is 0.234. The average Bonchev–Trinajstić information content (AvgIpc) is 3.30. The number of anilines is 1. The van der Waals surface area contributed by atoms with Crippen molar-refractivity contribution in [2.45, 2.75) is 66.5 Å². The maximum atomic E-state index is 3.91. The number of hydrogen-bond donors (Lipinski definition) is 0. The van der Waals surface area contributed by atoms with Crippen LogP contribution in [0.3, 0.4) is 0 Å². The summed E-state index contributed by atoms with van der Waals surface area (Å²) in [5, 5.41) is 0. The second-order valence-corrected chi connectivity index (χ2v) is 22.3. The number of rotatable bonds is 4. The van der Waals surface area contributed by atoms with E-state index in [2.05, 4.69) is 151 Å². The van der Waals surface area contributed by atoms with Crippen LogP contribution < -0.4 is 4.90 Å². The van der Waals surface area contributed by atoms with Crippen molar-refractivity contribution in [3.63, 3.8) is 0 Å². The van der Waals surface area contributed by atoms with Gasteiger partial charge in [-0.25, -0.2) is 0 Å². The zero-order chi connectivity index (χ0) is 26.4. The van der Waals surface area contributed by atoms with Crippen molar-refractivity contribution < 1.29 is 36.9 Å². The van der Waals surface area contributed by atoms with Crippen LogP contribution in [0.1, 0.15) is 23.1 Å². The summed E-state index contributed by atoms with van der Waals surface area (Å²) in [6, 6.07) is 4.47. The molecule has 0 aromatic heterocycles. The first-order valence-electron chi connectivity index (χ1n) is 12.5. The fraction of sp³-hybridized carbons (Fsp3) is 0.355. The molecule has 0 saturated heterocycles. The van der Waals surface area contributed by atoms with Crippen molar-refractivity contribution in [3.8, 4) is 0 Å². The van der Waals surface area contributed by atoms with E-state index in [-0.39, 0.29) is 36.9 Å². The van der Waals surface area contributed by atoms with Crippen LogP contribution in [0.15, 0.2) is 48.8 Å². The van der Waals surface area contributed by atoms with Gasteiger partial charge in [0.1, 0.15) is 0 Å². The zero-order valence-corrected chi connectivity index (χ0v) is 27.4. The molecular formula is C31H45LuN2Si2+. The Labute approximate surface area is 255 Å². The molecule has 36 heavy (non-hydrogen) atoms. The van der Waals surface area contributed by atoms with Crippen LogP contribution in [-0.4, -0.2) is 27.6 Å². The Kier molecular flexibility index (Phi) is 13.8. The van der Waals surface area contributed by atoms with Gasteiger partial charge in [0, 0.05) is 36.5 Å². The SMILES string of the molecule is Cc1cc(C)c(N2[C]N(CC[C]3[CH][CH][C]4C=CC=C[C]43)C=C2)c(C)c1.[CH2-][Si](C)(C)C.[CH2-][Si](C)(C)C.[Lu+3]. The summed E-state index contributed by atoms with van der Waals surface area (Å²) in [5.74, 6) is 4.11. The number of fused-ring (bicyclic) bond motifs is 1. The Morgan fingerprint density at radius 2 is 1.33 bits per heavy atom. The summed E-state index contributed by atoms with van der Waals surface area (Å²) < 4.78 is 0. The van der Waals surface area contributed by atoms with Gasteiger partial charge in [0.25, 0.3) is 0 Å². The van der Waals surface area contributed by atoms with Crippen LogP contribution >= 0.6 is 0 Å². The van der Waals surface area contributed by atoms with Crippen LogP contribution in [0.2, 0.25) is 39.3 Å². The van der Waals surface area contributed by atoms with Crippen molar-refractivity contribution in [3.05, 3.63) is 116 Å². The third-order valence-corrected chi connectivity index (χ3v) is 4.90. The van der Waals surface area contributed by atoms with E-state index in [1.165, 1.54) is 40.1 Å². The molecular weight excluding hydrogens is 631 g/mol. The van der Waals surface area contributed by atoms with Gasteiger partial charge < -0.3 is 22.9 Å². The van der Waals surface area contributed by atoms with Gasteiger partial charge in [0.05, 0.1) is 0 Å². The van der Waals surface area contributed by atoms with Gasteiger partial charge in [-0.15, -0.1) is 16.1 Å². The third-order valence-electron chi connectivity index (χ3n) is 4.90.